The Hall–Kier alpha value is -3.66. The van der Waals surface area contributed by atoms with Crippen molar-refractivity contribution in [1.29, 1.82) is 0 Å². The largest absolute Gasteiger partial charge is 0.439 e. The molecule has 2 aromatic heterocycles. The third-order valence-corrected chi connectivity index (χ3v) is 6.53. The molecule has 2 aliphatic rings. The molecule has 1 aliphatic heterocycles. The molecule has 194 valence electrons. The van der Waals surface area contributed by atoms with Crippen LogP contribution in [0.15, 0.2) is 67.1 Å². The number of nitrogens with zero attached hydrogens (tertiary/aromatic N) is 4. The molecule has 1 saturated heterocycles. The number of rotatable bonds is 7. The second-order valence-electron chi connectivity index (χ2n) is 9.25. The van der Waals surface area contributed by atoms with Crippen LogP contribution in [0.25, 0.3) is 0 Å². The summed E-state index contributed by atoms with van der Waals surface area (Å²) in [4.78, 5) is 25.2. The van der Waals surface area contributed by atoms with Crippen molar-refractivity contribution in [3.8, 4) is 17.4 Å². The quantitative estimate of drug-likeness (QED) is 0.372. The van der Waals surface area contributed by atoms with E-state index in [2.05, 4.69) is 14.9 Å². The summed E-state index contributed by atoms with van der Waals surface area (Å²) in [6.45, 7) is 1.38. The second kappa shape index (κ2) is 10.8. The van der Waals surface area contributed by atoms with E-state index in [1.807, 2.05) is 17.0 Å². The molecule has 1 unspecified atom stereocenters. The van der Waals surface area contributed by atoms with Crippen LogP contribution in [0, 0.1) is 0 Å². The highest BCUT2D eigenvalue weighted by Crippen LogP contribution is 2.35. The molecule has 3 aromatic rings. The Balaban J connectivity index is 1.22. The number of alkyl halides is 3. The number of benzene rings is 1. The van der Waals surface area contributed by atoms with Crippen LogP contribution in [0.3, 0.4) is 0 Å². The van der Waals surface area contributed by atoms with Crippen molar-refractivity contribution in [3.05, 3.63) is 78.2 Å². The average Bonchev–Trinajstić information content (AvgIpc) is 3.74. The summed E-state index contributed by atoms with van der Waals surface area (Å²) in [5.41, 5.74) is 0.318. The van der Waals surface area contributed by atoms with Crippen molar-refractivity contribution >= 4 is 6.09 Å². The van der Waals surface area contributed by atoms with Crippen LogP contribution in [0.5, 0.6) is 17.4 Å². The second-order valence-corrected chi connectivity index (χ2v) is 9.25. The molecule has 10 heteroatoms. The van der Waals surface area contributed by atoms with Crippen LogP contribution in [0.2, 0.25) is 0 Å². The van der Waals surface area contributed by atoms with E-state index in [4.69, 9.17) is 9.47 Å². The Morgan fingerprint density at radius 2 is 1.70 bits per heavy atom. The van der Waals surface area contributed by atoms with Crippen molar-refractivity contribution in [2.24, 2.45) is 0 Å². The minimum atomic E-state index is -4.46. The van der Waals surface area contributed by atoms with E-state index >= 15 is 0 Å². The van der Waals surface area contributed by atoms with Gasteiger partial charge in [-0.3, -0.25) is 14.8 Å². The molecule has 3 heterocycles. The van der Waals surface area contributed by atoms with Gasteiger partial charge < -0.3 is 9.47 Å². The highest BCUT2D eigenvalue weighted by molar-refractivity contribution is 5.71. The number of hydrogen-bond acceptors (Lipinski definition) is 6. The van der Waals surface area contributed by atoms with Crippen LogP contribution in [-0.2, 0) is 12.7 Å². The molecule has 37 heavy (non-hydrogen) atoms. The van der Waals surface area contributed by atoms with E-state index in [1.54, 1.807) is 36.7 Å². The SMILES string of the molecule is O=C(Oc1ccc(Oc2ccc(C(F)(F)F)cn2)cc1)N1CCCCC1N(Cc1ccncc1)C1CC1. The Kier molecular flexibility index (Phi) is 7.27. The zero-order valence-electron chi connectivity index (χ0n) is 20.1. The van der Waals surface area contributed by atoms with E-state index in [9.17, 15) is 18.0 Å². The number of ether oxygens (including phenoxy) is 2. The summed E-state index contributed by atoms with van der Waals surface area (Å²) < 4.78 is 49.3. The van der Waals surface area contributed by atoms with Crippen LogP contribution in [-0.4, -0.2) is 44.6 Å². The van der Waals surface area contributed by atoms with Crippen molar-refractivity contribution < 1.29 is 27.4 Å². The minimum absolute atomic E-state index is 0.0308. The fraction of sp³-hybridized carbons (Fsp3) is 0.370. The molecule has 1 aliphatic carbocycles. The number of pyridine rings is 2. The maximum atomic E-state index is 13.2. The standard InChI is InChI=1S/C27H27F3N4O3/c28-27(29,30)20-4-11-24(32-17-20)36-22-7-9-23(10-8-22)37-26(35)33-16-2-1-3-25(33)34(21-5-6-21)18-19-12-14-31-15-13-19/h4,7-15,17,21,25H,1-3,5-6,16,18H2. The van der Waals surface area contributed by atoms with Gasteiger partial charge >= 0.3 is 12.3 Å². The van der Waals surface area contributed by atoms with E-state index in [1.165, 1.54) is 5.56 Å². The first-order chi connectivity index (χ1) is 17.9. The number of likely N-dealkylation sites (tertiary alicyclic amines) is 1. The number of amides is 1. The predicted molar refractivity (Wildman–Crippen MR) is 129 cm³/mol. The lowest BCUT2D eigenvalue weighted by atomic mass is 10.1. The molecule has 0 radical (unpaired) electrons. The van der Waals surface area contributed by atoms with Crippen LogP contribution >= 0.6 is 0 Å². The van der Waals surface area contributed by atoms with E-state index < -0.39 is 17.8 Å². The number of halogens is 3. The van der Waals surface area contributed by atoms with Crippen molar-refractivity contribution in [3.63, 3.8) is 0 Å². The summed E-state index contributed by atoms with van der Waals surface area (Å²) in [5, 5.41) is 0. The van der Waals surface area contributed by atoms with Crippen LogP contribution in [0.4, 0.5) is 18.0 Å². The van der Waals surface area contributed by atoms with Gasteiger partial charge in [0.25, 0.3) is 0 Å². The maximum absolute atomic E-state index is 13.2. The molecule has 5 rings (SSSR count). The number of hydrogen-bond donors (Lipinski definition) is 0. The number of piperidine rings is 1. The fourth-order valence-corrected chi connectivity index (χ4v) is 4.52. The van der Waals surface area contributed by atoms with Crippen molar-refractivity contribution in [2.45, 2.75) is 57.0 Å². The first kappa shape index (κ1) is 25.0. The first-order valence-electron chi connectivity index (χ1n) is 12.3. The fourth-order valence-electron chi connectivity index (χ4n) is 4.52. The van der Waals surface area contributed by atoms with Gasteiger partial charge in [0.05, 0.1) is 11.7 Å². The zero-order chi connectivity index (χ0) is 25.8. The van der Waals surface area contributed by atoms with Gasteiger partial charge in [0.1, 0.15) is 11.5 Å². The van der Waals surface area contributed by atoms with Crippen LogP contribution in [0.1, 0.15) is 43.2 Å². The van der Waals surface area contributed by atoms with Crippen LogP contribution < -0.4 is 9.47 Å². The molecule has 1 amide bonds. The lowest BCUT2D eigenvalue weighted by Crippen LogP contribution is -2.54. The molecule has 1 atom stereocenters. The summed E-state index contributed by atoms with van der Waals surface area (Å²) in [7, 11) is 0. The maximum Gasteiger partial charge on any atom is 0.417 e. The Morgan fingerprint density at radius 3 is 2.35 bits per heavy atom. The molecule has 2 fully saturated rings. The van der Waals surface area contributed by atoms with Gasteiger partial charge in [-0.15, -0.1) is 0 Å². The molecule has 1 aromatic carbocycles. The van der Waals surface area contributed by atoms with Gasteiger partial charge in [0, 0.05) is 43.8 Å². The molecule has 7 nitrogen and oxygen atoms in total. The third-order valence-electron chi connectivity index (χ3n) is 6.53. The highest BCUT2D eigenvalue weighted by atomic mass is 19.4. The van der Waals surface area contributed by atoms with E-state index in [-0.39, 0.29) is 12.0 Å². The summed E-state index contributed by atoms with van der Waals surface area (Å²) >= 11 is 0. The van der Waals surface area contributed by atoms with Crippen molar-refractivity contribution in [2.75, 3.05) is 6.54 Å². The monoisotopic (exact) mass is 512 g/mol. The zero-order valence-corrected chi connectivity index (χ0v) is 20.1. The molecule has 0 N–H and O–H groups in total. The highest BCUT2D eigenvalue weighted by Gasteiger charge is 2.40. The molecule has 0 spiro atoms. The van der Waals surface area contributed by atoms with Gasteiger partial charge in [-0.25, -0.2) is 9.78 Å². The number of carbonyl (C=O) groups excluding carboxylic acids is 1. The Labute approximate surface area is 212 Å². The number of carbonyl (C=O) groups is 1. The predicted octanol–water partition coefficient (Wildman–Crippen LogP) is 6.26. The molecular weight excluding hydrogens is 485 g/mol. The van der Waals surface area contributed by atoms with Gasteiger partial charge in [0.2, 0.25) is 5.88 Å². The minimum Gasteiger partial charge on any atom is -0.439 e. The average molecular weight is 513 g/mol. The molecular formula is C27H27F3N4O3. The van der Waals surface area contributed by atoms with Gasteiger partial charge in [-0.2, -0.15) is 13.2 Å². The topological polar surface area (TPSA) is 67.8 Å². The van der Waals surface area contributed by atoms with Gasteiger partial charge in [-0.1, -0.05) is 0 Å². The molecule has 0 bridgehead atoms. The molecule has 1 saturated carbocycles. The summed E-state index contributed by atoms with van der Waals surface area (Å²) in [5.74, 6) is 0.748. The van der Waals surface area contributed by atoms with Gasteiger partial charge in [-0.05, 0) is 80.1 Å². The number of aromatic nitrogens is 2. The Morgan fingerprint density at radius 1 is 0.973 bits per heavy atom. The van der Waals surface area contributed by atoms with E-state index in [0.717, 1.165) is 57.0 Å². The van der Waals surface area contributed by atoms with E-state index in [0.29, 0.717) is 24.1 Å². The Bertz CT molecular complexity index is 1190. The normalized spacial score (nSPS) is 18.1. The smallest absolute Gasteiger partial charge is 0.417 e. The third kappa shape index (κ3) is 6.37. The first-order valence-corrected chi connectivity index (χ1v) is 12.3. The lowest BCUT2D eigenvalue weighted by molar-refractivity contribution is -0.137. The van der Waals surface area contributed by atoms with Gasteiger partial charge in [0.15, 0.2) is 0 Å². The summed E-state index contributed by atoms with van der Waals surface area (Å²) in [6.07, 6.45) is 4.52. The lowest BCUT2D eigenvalue weighted by Gasteiger charge is -2.42. The summed E-state index contributed by atoms with van der Waals surface area (Å²) in [6, 6.07) is 12.9. The van der Waals surface area contributed by atoms with Crippen molar-refractivity contribution in [1.82, 2.24) is 19.8 Å².